The lowest BCUT2D eigenvalue weighted by Crippen LogP contribution is -2.13. The van der Waals surface area contributed by atoms with Gasteiger partial charge in [0, 0.05) is 6.92 Å². The quantitative estimate of drug-likeness (QED) is 0.373. The van der Waals surface area contributed by atoms with E-state index in [4.69, 9.17) is 9.47 Å². The molecule has 0 heterocycles. The summed E-state index contributed by atoms with van der Waals surface area (Å²) in [5, 5.41) is 0. The van der Waals surface area contributed by atoms with E-state index in [2.05, 4.69) is 45.0 Å². The van der Waals surface area contributed by atoms with Crippen LogP contribution >= 0.6 is 0 Å². The highest BCUT2D eigenvalue weighted by Crippen LogP contribution is 2.27. The predicted octanol–water partition coefficient (Wildman–Crippen LogP) is 6.72. The molecule has 0 radical (unpaired) electrons. The molecule has 0 unspecified atom stereocenters. The number of ether oxygens (including phenoxy) is 2. The van der Waals surface area contributed by atoms with Crippen LogP contribution in [0.15, 0.2) is 48.5 Å². The molecule has 29 heavy (non-hydrogen) atoms. The van der Waals surface area contributed by atoms with Crippen LogP contribution in [0.1, 0.15) is 70.1 Å². The van der Waals surface area contributed by atoms with E-state index in [1.54, 1.807) is 0 Å². The number of rotatable bonds is 12. The molecule has 0 N–H and O–H groups in total. The van der Waals surface area contributed by atoms with Crippen molar-refractivity contribution in [1.29, 1.82) is 0 Å². The number of carbonyl (C=O) groups excluding carboxylic acids is 1. The first-order valence-corrected chi connectivity index (χ1v) is 11.0. The van der Waals surface area contributed by atoms with Gasteiger partial charge in [-0.15, -0.1) is 0 Å². The van der Waals surface area contributed by atoms with Crippen molar-refractivity contribution in [2.24, 2.45) is 11.8 Å². The Morgan fingerprint density at radius 3 is 1.83 bits per heavy atom. The molecule has 1 atom stereocenters. The molecule has 0 saturated carbocycles. The Kier molecular flexibility index (Phi) is 9.76. The average molecular weight is 397 g/mol. The van der Waals surface area contributed by atoms with Gasteiger partial charge in [-0.3, -0.25) is 4.79 Å². The van der Waals surface area contributed by atoms with E-state index in [0.717, 1.165) is 29.6 Å². The maximum absolute atomic E-state index is 10.9. The summed E-state index contributed by atoms with van der Waals surface area (Å²) in [6, 6.07) is 16.5. The zero-order chi connectivity index (χ0) is 21.1. The first kappa shape index (κ1) is 23.0. The molecule has 3 nitrogen and oxygen atoms in total. The van der Waals surface area contributed by atoms with Gasteiger partial charge in [0.05, 0.1) is 0 Å². The second-order valence-corrected chi connectivity index (χ2v) is 7.81. The highest BCUT2D eigenvalue weighted by molar-refractivity contribution is 5.65. The van der Waals surface area contributed by atoms with E-state index >= 15 is 0 Å². The molecule has 0 fully saturated rings. The van der Waals surface area contributed by atoms with Gasteiger partial charge in [-0.2, -0.15) is 0 Å². The smallest absolute Gasteiger partial charge is 0.302 e. The van der Waals surface area contributed by atoms with E-state index in [-0.39, 0.29) is 5.97 Å². The third kappa shape index (κ3) is 7.92. The summed E-state index contributed by atoms with van der Waals surface area (Å²) < 4.78 is 10.9. The van der Waals surface area contributed by atoms with Crippen molar-refractivity contribution in [2.45, 2.75) is 73.0 Å². The van der Waals surface area contributed by atoms with Crippen molar-refractivity contribution in [3.05, 3.63) is 65.2 Å². The van der Waals surface area contributed by atoms with Crippen LogP contribution in [0.5, 0.6) is 5.75 Å². The van der Waals surface area contributed by atoms with Crippen molar-refractivity contribution >= 4 is 5.97 Å². The number of hydrogen-bond donors (Lipinski definition) is 0. The minimum atomic E-state index is -0.269. The minimum Gasteiger partial charge on any atom is -0.489 e. The van der Waals surface area contributed by atoms with Crippen LogP contribution < -0.4 is 4.74 Å². The molecule has 0 spiro atoms. The van der Waals surface area contributed by atoms with E-state index in [1.807, 2.05) is 24.3 Å². The molecule has 0 aromatic heterocycles. The normalized spacial score (nSPS) is 12.0. The van der Waals surface area contributed by atoms with Gasteiger partial charge < -0.3 is 9.47 Å². The van der Waals surface area contributed by atoms with Crippen molar-refractivity contribution in [3.8, 4) is 5.75 Å². The van der Waals surface area contributed by atoms with Gasteiger partial charge >= 0.3 is 5.97 Å². The van der Waals surface area contributed by atoms with Crippen molar-refractivity contribution < 1.29 is 14.3 Å². The number of carbonyl (C=O) groups is 1. The van der Waals surface area contributed by atoms with E-state index in [9.17, 15) is 4.79 Å². The molecule has 0 bridgehead atoms. The second kappa shape index (κ2) is 12.3. The summed E-state index contributed by atoms with van der Waals surface area (Å²) in [6.07, 6.45) is 6.28. The monoisotopic (exact) mass is 396 g/mol. The molecule has 0 aliphatic carbocycles. The van der Waals surface area contributed by atoms with Crippen molar-refractivity contribution in [1.82, 2.24) is 0 Å². The Bertz CT molecular complexity index is 715. The van der Waals surface area contributed by atoms with Crippen LogP contribution in [0.3, 0.4) is 0 Å². The topological polar surface area (TPSA) is 35.5 Å². The van der Waals surface area contributed by atoms with Crippen molar-refractivity contribution in [3.63, 3.8) is 0 Å². The second-order valence-electron chi connectivity index (χ2n) is 7.81. The Morgan fingerprint density at radius 2 is 1.28 bits per heavy atom. The number of esters is 1. The summed E-state index contributed by atoms with van der Waals surface area (Å²) >= 11 is 0. The fraction of sp³-hybridized carbons (Fsp3) is 0.500. The van der Waals surface area contributed by atoms with Crippen LogP contribution in [-0.4, -0.2) is 5.97 Å². The highest BCUT2D eigenvalue weighted by Gasteiger charge is 2.16. The highest BCUT2D eigenvalue weighted by atomic mass is 16.5. The maximum Gasteiger partial charge on any atom is 0.302 e. The molecule has 2 rings (SSSR count). The van der Waals surface area contributed by atoms with Gasteiger partial charge in [0.2, 0.25) is 0 Å². The molecule has 158 valence electrons. The molecule has 0 aliphatic rings. The van der Waals surface area contributed by atoms with Gasteiger partial charge in [0.25, 0.3) is 0 Å². The molecule has 2 aromatic rings. The van der Waals surface area contributed by atoms with Crippen LogP contribution in [0.2, 0.25) is 0 Å². The van der Waals surface area contributed by atoms with Gasteiger partial charge in [0.1, 0.15) is 19.0 Å². The Balaban J connectivity index is 1.80. The van der Waals surface area contributed by atoms with Gasteiger partial charge in [-0.25, -0.2) is 0 Å². The fourth-order valence-electron chi connectivity index (χ4n) is 3.92. The van der Waals surface area contributed by atoms with Crippen LogP contribution in [0, 0.1) is 11.8 Å². The summed E-state index contributed by atoms with van der Waals surface area (Å²) in [6.45, 7) is 9.23. The van der Waals surface area contributed by atoms with Crippen LogP contribution in [0.25, 0.3) is 0 Å². The Morgan fingerprint density at radius 1 is 0.759 bits per heavy atom. The van der Waals surface area contributed by atoms with Crippen molar-refractivity contribution in [2.75, 3.05) is 0 Å². The fourth-order valence-corrected chi connectivity index (χ4v) is 3.92. The Labute approximate surface area is 176 Å². The lowest BCUT2D eigenvalue weighted by Gasteiger charge is -2.24. The zero-order valence-corrected chi connectivity index (χ0v) is 18.4. The summed E-state index contributed by atoms with van der Waals surface area (Å²) in [5.74, 6) is 2.23. The standard InChI is InChI=1S/C26H36O3/c1-5-24(6-2)25(7-3)15-12-21-8-10-22(11-9-21)19-29-26-16-13-23(14-17-26)18-28-20(4)27/h8-11,13-14,16-17,24-25H,5-7,12,15,18-19H2,1-4H3/t25-/m1/s1. The van der Waals surface area contributed by atoms with Gasteiger partial charge in [-0.05, 0) is 53.5 Å². The lowest BCUT2D eigenvalue weighted by atomic mass is 9.82. The number of benzene rings is 2. The van der Waals surface area contributed by atoms with E-state index in [1.165, 1.54) is 43.7 Å². The van der Waals surface area contributed by atoms with E-state index in [0.29, 0.717) is 13.2 Å². The molecule has 0 saturated heterocycles. The van der Waals surface area contributed by atoms with Crippen LogP contribution in [0.4, 0.5) is 0 Å². The number of hydrogen-bond acceptors (Lipinski definition) is 3. The summed E-state index contributed by atoms with van der Waals surface area (Å²) in [7, 11) is 0. The third-order valence-electron chi connectivity index (χ3n) is 5.84. The third-order valence-corrected chi connectivity index (χ3v) is 5.84. The molecule has 0 aliphatic heterocycles. The number of aryl methyl sites for hydroxylation is 1. The van der Waals surface area contributed by atoms with Gasteiger partial charge in [-0.1, -0.05) is 76.4 Å². The first-order valence-electron chi connectivity index (χ1n) is 11.0. The SMILES string of the molecule is CCC(CC)[C@H](CC)CCc1ccc(COc2ccc(COC(C)=O)cc2)cc1. The molecule has 2 aromatic carbocycles. The Hall–Kier alpha value is -2.29. The average Bonchev–Trinajstić information content (AvgIpc) is 2.75. The molecular formula is C26H36O3. The first-order chi connectivity index (χ1) is 14.0. The summed E-state index contributed by atoms with van der Waals surface area (Å²) in [5.41, 5.74) is 3.54. The zero-order valence-electron chi connectivity index (χ0n) is 18.4. The summed E-state index contributed by atoms with van der Waals surface area (Å²) in [4.78, 5) is 10.9. The maximum atomic E-state index is 10.9. The largest absolute Gasteiger partial charge is 0.489 e. The van der Waals surface area contributed by atoms with Gasteiger partial charge in [0.15, 0.2) is 0 Å². The molecule has 0 amide bonds. The van der Waals surface area contributed by atoms with Crippen LogP contribution in [-0.2, 0) is 29.2 Å². The van der Waals surface area contributed by atoms with E-state index < -0.39 is 0 Å². The molecular weight excluding hydrogens is 360 g/mol. The molecule has 3 heteroatoms. The predicted molar refractivity (Wildman–Crippen MR) is 119 cm³/mol. The minimum absolute atomic E-state index is 0.269. The lowest BCUT2D eigenvalue weighted by molar-refractivity contribution is -0.142.